The lowest BCUT2D eigenvalue weighted by molar-refractivity contribution is 0.445. The van der Waals surface area contributed by atoms with Gasteiger partial charge in [0.25, 0.3) is 5.56 Å². The molecule has 1 aromatic heterocycles. The summed E-state index contributed by atoms with van der Waals surface area (Å²) in [6.07, 6.45) is 2.27. The number of nitrogens with zero attached hydrogens (tertiary/aromatic N) is 1. The highest BCUT2D eigenvalue weighted by atomic mass is 16.1. The minimum atomic E-state index is -0.0435. The average Bonchev–Trinajstić information content (AvgIpc) is 2.18. The average molecular weight is 193 g/mol. The van der Waals surface area contributed by atoms with Crippen molar-refractivity contribution < 1.29 is 0 Å². The van der Waals surface area contributed by atoms with Gasteiger partial charge in [0.15, 0.2) is 0 Å². The highest BCUT2D eigenvalue weighted by Gasteiger charge is 2.17. The van der Waals surface area contributed by atoms with Crippen LogP contribution in [0.15, 0.2) is 10.9 Å². The number of aromatic nitrogens is 2. The van der Waals surface area contributed by atoms with E-state index < -0.39 is 0 Å². The van der Waals surface area contributed by atoms with Crippen molar-refractivity contribution >= 4 is 0 Å². The Hall–Kier alpha value is -1.16. The summed E-state index contributed by atoms with van der Waals surface area (Å²) in [5.41, 5.74) is 0.757. The number of nitrogens with one attached hydrogen (secondary N) is 2. The van der Waals surface area contributed by atoms with E-state index in [9.17, 15) is 4.79 Å². The Kier molecular flexibility index (Phi) is 2.63. The van der Waals surface area contributed by atoms with E-state index in [1.54, 1.807) is 0 Å². The third-order valence-corrected chi connectivity index (χ3v) is 2.57. The van der Waals surface area contributed by atoms with Gasteiger partial charge in [0, 0.05) is 24.2 Å². The predicted octanol–water partition coefficient (Wildman–Crippen LogP) is 0.545. The van der Waals surface area contributed by atoms with Gasteiger partial charge in [-0.05, 0) is 26.3 Å². The molecule has 14 heavy (non-hydrogen) atoms. The molecule has 0 bridgehead atoms. The van der Waals surface area contributed by atoms with Crippen molar-refractivity contribution in [2.24, 2.45) is 0 Å². The van der Waals surface area contributed by atoms with Gasteiger partial charge < -0.3 is 10.3 Å². The van der Waals surface area contributed by atoms with Crippen molar-refractivity contribution in [3.63, 3.8) is 0 Å². The predicted molar refractivity (Wildman–Crippen MR) is 54.4 cm³/mol. The zero-order valence-corrected chi connectivity index (χ0v) is 8.34. The lowest BCUT2D eigenvalue weighted by Crippen LogP contribution is -2.30. The minimum absolute atomic E-state index is 0.0435. The van der Waals surface area contributed by atoms with E-state index in [2.05, 4.69) is 15.3 Å². The van der Waals surface area contributed by atoms with Crippen molar-refractivity contribution in [2.75, 3.05) is 13.1 Å². The van der Waals surface area contributed by atoms with Crippen LogP contribution in [0.1, 0.15) is 30.3 Å². The van der Waals surface area contributed by atoms with E-state index in [1.165, 1.54) is 6.07 Å². The Morgan fingerprint density at radius 3 is 3.07 bits per heavy atom. The van der Waals surface area contributed by atoms with Crippen LogP contribution in [-0.4, -0.2) is 23.1 Å². The first-order chi connectivity index (χ1) is 6.75. The van der Waals surface area contributed by atoms with Gasteiger partial charge in [-0.1, -0.05) is 0 Å². The Morgan fingerprint density at radius 1 is 1.57 bits per heavy atom. The van der Waals surface area contributed by atoms with Crippen LogP contribution in [-0.2, 0) is 0 Å². The number of rotatable bonds is 1. The Morgan fingerprint density at radius 2 is 2.43 bits per heavy atom. The first-order valence-corrected chi connectivity index (χ1v) is 5.04. The third-order valence-electron chi connectivity index (χ3n) is 2.57. The number of aryl methyl sites for hydroxylation is 1. The van der Waals surface area contributed by atoms with Crippen LogP contribution < -0.4 is 10.9 Å². The molecule has 1 saturated heterocycles. The first-order valence-electron chi connectivity index (χ1n) is 5.04. The molecule has 1 fully saturated rings. The second-order valence-electron chi connectivity index (χ2n) is 3.82. The number of hydrogen-bond acceptors (Lipinski definition) is 3. The summed E-state index contributed by atoms with van der Waals surface area (Å²) < 4.78 is 0. The van der Waals surface area contributed by atoms with E-state index >= 15 is 0 Å². The summed E-state index contributed by atoms with van der Waals surface area (Å²) in [4.78, 5) is 18.4. The van der Waals surface area contributed by atoms with Crippen molar-refractivity contribution in [2.45, 2.75) is 25.7 Å². The van der Waals surface area contributed by atoms with E-state index in [4.69, 9.17) is 0 Å². The van der Waals surface area contributed by atoms with Crippen LogP contribution in [0.2, 0.25) is 0 Å². The fourth-order valence-corrected chi connectivity index (χ4v) is 1.88. The van der Waals surface area contributed by atoms with Gasteiger partial charge in [0.1, 0.15) is 5.82 Å². The summed E-state index contributed by atoms with van der Waals surface area (Å²) in [5, 5.41) is 3.31. The van der Waals surface area contributed by atoms with Gasteiger partial charge in [0.05, 0.1) is 0 Å². The van der Waals surface area contributed by atoms with Gasteiger partial charge in [-0.25, -0.2) is 4.98 Å². The van der Waals surface area contributed by atoms with E-state index in [0.29, 0.717) is 5.92 Å². The SMILES string of the molecule is Cc1cc(=O)[nH]c(C2CCCNC2)n1. The standard InChI is InChI=1S/C10H15N3O/c1-7-5-9(14)13-10(12-7)8-3-2-4-11-6-8/h5,8,11H,2-4,6H2,1H3,(H,12,13,14). The second kappa shape index (κ2) is 3.92. The molecule has 0 spiro atoms. The number of hydrogen-bond donors (Lipinski definition) is 2. The Balaban J connectivity index is 2.26. The van der Waals surface area contributed by atoms with Crippen molar-refractivity contribution in [3.8, 4) is 0 Å². The van der Waals surface area contributed by atoms with Crippen LogP contribution in [0.25, 0.3) is 0 Å². The van der Waals surface area contributed by atoms with Crippen LogP contribution in [0.5, 0.6) is 0 Å². The highest BCUT2D eigenvalue weighted by Crippen LogP contribution is 2.18. The molecule has 0 aromatic carbocycles. The highest BCUT2D eigenvalue weighted by molar-refractivity contribution is 5.05. The van der Waals surface area contributed by atoms with Crippen molar-refractivity contribution in [1.82, 2.24) is 15.3 Å². The Bertz CT molecular complexity index is 366. The van der Waals surface area contributed by atoms with Gasteiger partial charge in [0.2, 0.25) is 0 Å². The first kappa shape index (κ1) is 9.40. The molecule has 2 rings (SSSR count). The molecule has 4 nitrogen and oxygen atoms in total. The molecule has 0 aliphatic carbocycles. The molecule has 2 N–H and O–H groups in total. The maximum atomic E-state index is 11.2. The molecule has 2 heterocycles. The lowest BCUT2D eigenvalue weighted by Gasteiger charge is -2.21. The summed E-state index contributed by atoms with van der Waals surface area (Å²) >= 11 is 0. The zero-order chi connectivity index (χ0) is 9.97. The van der Waals surface area contributed by atoms with Gasteiger partial charge in [-0.2, -0.15) is 0 Å². The zero-order valence-electron chi connectivity index (χ0n) is 8.34. The third kappa shape index (κ3) is 2.01. The normalized spacial score (nSPS) is 22.2. The maximum absolute atomic E-state index is 11.2. The topological polar surface area (TPSA) is 57.8 Å². The monoisotopic (exact) mass is 193 g/mol. The molecule has 0 saturated carbocycles. The molecule has 1 aliphatic rings. The molecule has 1 aliphatic heterocycles. The van der Waals surface area contributed by atoms with Crippen LogP contribution in [0.3, 0.4) is 0 Å². The number of H-pyrrole nitrogens is 1. The van der Waals surface area contributed by atoms with Crippen molar-refractivity contribution in [1.29, 1.82) is 0 Å². The van der Waals surface area contributed by atoms with E-state index in [1.807, 2.05) is 6.92 Å². The molecule has 0 amide bonds. The van der Waals surface area contributed by atoms with Gasteiger partial charge in [-0.15, -0.1) is 0 Å². The fraction of sp³-hybridized carbons (Fsp3) is 0.600. The van der Waals surface area contributed by atoms with Crippen LogP contribution in [0, 0.1) is 6.92 Å². The fourth-order valence-electron chi connectivity index (χ4n) is 1.88. The number of piperidine rings is 1. The quantitative estimate of drug-likeness (QED) is 0.684. The molecule has 1 unspecified atom stereocenters. The molecular weight excluding hydrogens is 178 g/mol. The van der Waals surface area contributed by atoms with Crippen molar-refractivity contribution in [3.05, 3.63) is 27.9 Å². The number of aromatic amines is 1. The smallest absolute Gasteiger partial charge is 0.251 e. The summed E-state index contributed by atoms with van der Waals surface area (Å²) in [7, 11) is 0. The molecule has 1 aromatic rings. The molecule has 0 radical (unpaired) electrons. The molecular formula is C10H15N3O. The summed E-state index contributed by atoms with van der Waals surface area (Å²) in [6.45, 7) is 3.86. The second-order valence-corrected chi connectivity index (χ2v) is 3.82. The van der Waals surface area contributed by atoms with E-state index in [-0.39, 0.29) is 5.56 Å². The van der Waals surface area contributed by atoms with Gasteiger partial charge >= 0.3 is 0 Å². The Labute approximate surface area is 82.8 Å². The van der Waals surface area contributed by atoms with Crippen LogP contribution in [0.4, 0.5) is 0 Å². The maximum Gasteiger partial charge on any atom is 0.251 e. The molecule has 76 valence electrons. The van der Waals surface area contributed by atoms with Gasteiger partial charge in [-0.3, -0.25) is 4.79 Å². The minimum Gasteiger partial charge on any atom is -0.316 e. The molecule has 4 heteroatoms. The summed E-state index contributed by atoms with van der Waals surface area (Å²) in [5.74, 6) is 1.21. The molecule has 1 atom stereocenters. The van der Waals surface area contributed by atoms with Crippen LogP contribution >= 0.6 is 0 Å². The van der Waals surface area contributed by atoms with E-state index in [0.717, 1.165) is 37.4 Å². The summed E-state index contributed by atoms with van der Waals surface area (Å²) in [6, 6.07) is 1.53. The largest absolute Gasteiger partial charge is 0.316 e. The lowest BCUT2D eigenvalue weighted by atomic mass is 9.99.